The van der Waals surface area contributed by atoms with Crippen molar-refractivity contribution in [3.8, 4) is 0 Å². The van der Waals surface area contributed by atoms with Crippen LogP contribution in [0.5, 0.6) is 0 Å². The standard InChI is InChI=1S/C17H24N2O4S/c1-18-16(20)11-17(21)9-2-10-19(12-17)24(22,23)15-7-5-14(6-8-15)13-3-4-13/h5-8,13,21H,2-4,9-12H2,1H3,(H,18,20). The quantitative estimate of drug-likeness (QED) is 0.834. The normalized spacial score (nSPS) is 25.4. The summed E-state index contributed by atoms with van der Waals surface area (Å²) in [4.78, 5) is 11.8. The first-order valence-corrected chi connectivity index (χ1v) is 9.81. The lowest BCUT2D eigenvalue weighted by Gasteiger charge is -2.38. The molecule has 0 radical (unpaired) electrons. The smallest absolute Gasteiger partial charge is 0.243 e. The molecule has 1 aliphatic carbocycles. The largest absolute Gasteiger partial charge is 0.388 e. The van der Waals surface area contributed by atoms with Gasteiger partial charge in [-0.2, -0.15) is 4.31 Å². The van der Waals surface area contributed by atoms with Crippen LogP contribution in [0.2, 0.25) is 0 Å². The molecular formula is C17H24N2O4S. The van der Waals surface area contributed by atoms with E-state index in [1.807, 2.05) is 12.1 Å². The van der Waals surface area contributed by atoms with Crippen molar-refractivity contribution in [2.45, 2.75) is 48.5 Å². The lowest BCUT2D eigenvalue weighted by atomic mass is 9.90. The van der Waals surface area contributed by atoms with E-state index in [0.29, 0.717) is 25.3 Å². The van der Waals surface area contributed by atoms with Crippen LogP contribution in [0.15, 0.2) is 29.2 Å². The van der Waals surface area contributed by atoms with Gasteiger partial charge < -0.3 is 10.4 Å². The lowest BCUT2D eigenvalue weighted by Crippen LogP contribution is -2.51. The van der Waals surface area contributed by atoms with Gasteiger partial charge in [0, 0.05) is 20.1 Å². The van der Waals surface area contributed by atoms with E-state index >= 15 is 0 Å². The van der Waals surface area contributed by atoms with Crippen LogP contribution < -0.4 is 5.32 Å². The number of nitrogens with one attached hydrogen (secondary N) is 1. The average Bonchev–Trinajstić information content (AvgIpc) is 3.39. The lowest BCUT2D eigenvalue weighted by molar-refractivity contribution is -0.127. The van der Waals surface area contributed by atoms with E-state index in [9.17, 15) is 18.3 Å². The minimum Gasteiger partial charge on any atom is -0.388 e. The van der Waals surface area contributed by atoms with E-state index in [1.54, 1.807) is 12.1 Å². The van der Waals surface area contributed by atoms with E-state index in [1.165, 1.54) is 29.8 Å². The number of β-amino-alcohol motifs (C(OH)–C–C–N with tert-alkyl or cyclic N) is 1. The maximum atomic E-state index is 12.8. The first-order valence-electron chi connectivity index (χ1n) is 8.37. The summed E-state index contributed by atoms with van der Waals surface area (Å²) in [5, 5.41) is 13.1. The van der Waals surface area contributed by atoms with E-state index < -0.39 is 15.6 Å². The number of amides is 1. The molecule has 1 saturated carbocycles. The van der Waals surface area contributed by atoms with Gasteiger partial charge >= 0.3 is 0 Å². The van der Waals surface area contributed by atoms with E-state index in [2.05, 4.69) is 5.32 Å². The number of hydrogen-bond acceptors (Lipinski definition) is 4. The zero-order chi connectivity index (χ0) is 17.4. The fourth-order valence-electron chi connectivity index (χ4n) is 3.29. The van der Waals surface area contributed by atoms with Gasteiger partial charge in [0.1, 0.15) is 0 Å². The molecular weight excluding hydrogens is 328 g/mol. The molecule has 3 rings (SSSR count). The molecule has 1 saturated heterocycles. The number of carbonyl (C=O) groups is 1. The third-order valence-corrected chi connectivity index (χ3v) is 6.71. The van der Waals surface area contributed by atoms with Crippen LogP contribution in [0.25, 0.3) is 0 Å². The molecule has 6 nitrogen and oxygen atoms in total. The minimum absolute atomic E-state index is 0.0485. The third kappa shape index (κ3) is 3.63. The van der Waals surface area contributed by atoms with Crippen LogP contribution in [0.4, 0.5) is 0 Å². The van der Waals surface area contributed by atoms with Gasteiger partial charge in [-0.25, -0.2) is 8.42 Å². The molecule has 2 aliphatic rings. The molecule has 2 N–H and O–H groups in total. The molecule has 2 fully saturated rings. The maximum Gasteiger partial charge on any atom is 0.243 e. The summed E-state index contributed by atoms with van der Waals surface area (Å²) in [6.45, 7) is 0.315. The van der Waals surface area contributed by atoms with Gasteiger partial charge in [-0.15, -0.1) is 0 Å². The number of sulfonamides is 1. The Kier molecular flexibility index (Phi) is 4.68. The van der Waals surface area contributed by atoms with Crippen molar-refractivity contribution in [2.75, 3.05) is 20.1 Å². The third-order valence-electron chi connectivity index (χ3n) is 4.86. The highest BCUT2D eigenvalue weighted by atomic mass is 32.2. The number of hydrogen-bond donors (Lipinski definition) is 2. The summed E-state index contributed by atoms with van der Waals surface area (Å²) in [5.41, 5.74) is -0.122. The number of piperidine rings is 1. The Bertz CT molecular complexity index is 713. The van der Waals surface area contributed by atoms with Crippen molar-refractivity contribution in [3.05, 3.63) is 29.8 Å². The molecule has 1 aliphatic heterocycles. The molecule has 1 amide bonds. The minimum atomic E-state index is -3.66. The zero-order valence-electron chi connectivity index (χ0n) is 13.9. The summed E-state index contributed by atoms with van der Waals surface area (Å²) in [7, 11) is -2.15. The van der Waals surface area contributed by atoms with Crippen LogP contribution >= 0.6 is 0 Å². The Morgan fingerprint density at radius 2 is 2.00 bits per heavy atom. The van der Waals surface area contributed by atoms with Crippen molar-refractivity contribution in [3.63, 3.8) is 0 Å². The molecule has 0 bridgehead atoms. The second-order valence-electron chi connectivity index (χ2n) is 6.86. The highest BCUT2D eigenvalue weighted by molar-refractivity contribution is 7.89. The highest BCUT2D eigenvalue weighted by Crippen LogP contribution is 2.40. The van der Waals surface area contributed by atoms with Crippen molar-refractivity contribution < 1.29 is 18.3 Å². The van der Waals surface area contributed by atoms with Gasteiger partial charge in [-0.3, -0.25) is 4.79 Å². The average molecular weight is 352 g/mol. The zero-order valence-corrected chi connectivity index (χ0v) is 14.7. The van der Waals surface area contributed by atoms with Crippen LogP contribution in [0, 0.1) is 0 Å². The molecule has 7 heteroatoms. The Morgan fingerprint density at radius 3 is 2.58 bits per heavy atom. The fourth-order valence-corrected chi connectivity index (χ4v) is 4.84. The molecule has 1 atom stereocenters. The van der Waals surface area contributed by atoms with E-state index in [4.69, 9.17) is 0 Å². The summed E-state index contributed by atoms with van der Waals surface area (Å²) in [6, 6.07) is 7.06. The Balaban J connectivity index is 1.76. The van der Waals surface area contributed by atoms with Crippen molar-refractivity contribution in [1.82, 2.24) is 9.62 Å². The topological polar surface area (TPSA) is 86.7 Å². The predicted octanol–water partition coefficient (Wildman–Crippen LogP) is 1.22. The number of rotatable bonds is 5. The second kappa shape index (κ2) is 6.46. The molecule has 1 aromatic rings. The Morgan fingerprint density at radius 1 is 1.33 bits per heavy atom. The van der Waals surface area contributed by atoms with E-state index in [0.717, 1.165) is 0 Å². The first kappa shape index (κ1) is 17.4. The molecule has 1 unspecified atom stereocenters. The van der Waals surface area contributed by atoms with Crippen LogP contribution in [-0.4, -0.2) is 49.5 Å². The van der Waals surface area contributed by atoms with Crippen LogP contribution in [0.3, 0.4) is 0 Å². The molecule has 24 heavy (non-hydrogen) atoms. The number of aliphatic hydroxyl groups is 1. The SMILES string of the molecule is CNC(=O)CC1(O)CCCN(S(=O)(=O)c2ccc(C3CC3)cc2)C1. The summed E-state index contributed by atoms with van der Waals surface area (Å²) in [5.74, 6) is 0.292. The van der Waals surface area contributed by atoms with Gasteiger partial charge in [0.2, 0.25) is 15.9 Å². The Labute approximate surface area is 142 Å². The Hall–Kier alpha value is -1.44. The number of carbonyl (C=O) groups excluding carboxylic acids is 1. The van der Waals surface area contributed by atoms with Gasteiger partial charge in [-0.05, 0) is 49.3 Å². The van der Waals surface area contributed by atoms with Gasteiger partial charge in [0.05, 0.1) is 16.9 Å². The highest BCUT2D eigenvalue weighted by Gasteiger charge is 2.40. The molecule has 1 aromatic carbocycles. The second-order valence-corrected chi connectivity index (χ2v) is 8.80. The number of nitrogens with zero attached hydrogens (tertiary/aromatic N) is 1. The molecule has 0 aromatic heterocycles. The first-order chi connectivity index (χ1) is 11.3. The molecule has 1 heterocycles. The van der Waals surface area contributed by atoms with Crippen molar-refractivity contribution >= 4 is 15.9 Å². The number of benzene rings is 1. The van der Waals surface area contributed by atoms with Crippen molar-refractivity contribution in [1.29, 1.82) is 0 Å². The maximum absolute atomic E-state index is 12.8. The fraction of sp³-hybridized carbons (Fsp3) is 0.588. The van der Waals surface area contributed by atoms with Gasteiger partial charge in [0.25, 0.3) is 0 Å². The summed E-state index contributed by atoms with van der Waals surface area (Å²) in [6.07, 6.45) is 3.21. The molecule has 0 spiro atoms. The monoisotopic (exact) mass is 352 g/mol. The van der Waals surface area contributed by atoms with Crippen LogP contribution in [0.1, 0.15) is 43.6 Å². The van der Waals surface area contributed by atoms with Gasteiger partial charge in [0.15, 0.2) is 0 Å². The predicted molar refractivity (Wildman–Crippen MR) is 90.0 cm³/mol. The van der Waals surface area contributed by atoms with Crippen molar-refractivity contribution in [2.24, 2.45) is 0 Å². The summed E-state index contributed by atoms with van der Waals surface area (Å²) < 4.78 is 27.0. The van der Waals surface area contributed by atoms with Gasteiger partial charge in [-0.1, -0.05) is 12.1 Å². The van der Waals surface area contributed by atoms with Crippen LogP contribution in [-0.2, 0) is 14.8 Å². The summed E-state index contributed by atoms with van der Waals surface area (Å²) >= 11 is 0. The van der Waals surface area contributed by atoms with E-state index in [-0.39, 0.29) is 23.8 Å². The molecule has 132 valence electrons.